The molecule has 1 aliphatic heterocycles. The summed E-state index contributed by atoms with van der Waals surface area (Å²) in [5.74, 6) is -0.135. The largest absolute Gasteiger partial charge is 0.475 e. The van der Waals surface area contributed by atoms with Crippen LogP contribution < -0.4 is 5.32 Å². The number of fused-ring (bicyclic) bond motifs is 1. The maximum absolute atomic E-state index is 10.7. The Morgan fingerprint density at radius 1 is 1.69 bits per heavy atom. The molecule has 13 heavy (non-hydrogen) atoms. The van der Waals surface area contributed by atoms with Crippen molar-refractivity contribution in [2.24, 2.45) is 7.05 Å². The molecule has 70 valence electrons. The predicted molar refractivity (Wildman–Crippen MR) is 47.0 cm³/mol. The number of nitrogens with zero attached hydrogens (tertiary/aromatic N) is 2. The van der Waals surface area contributed by atoms with Crippen molar-refractivity contribution >= 4 is 11.8 Å². The zero-order valence-corrected chi connectivity index (χ0v) is 7.37. The van der Waals surface area contributed by atoms with Gasteiger partial charge < -0.3 is 15.0 Å². The van der Waals surface area contributed by atoms with Crippen LogP contribution in [0.2, 0.25) is 0 Å². The van der Waals surface area contributed by atoms with Crippen molar-refractivity contribution in [1.82, 2.24) is 9.55 Å². The molecule has 0 unspecified atom stereocenters. The molecule has 0 fully saturated rings. The topological polar surface area (TPSA) is 67.2 Å². The second-order valence-corrected chi connectivity index (χ2v) is 3.13. The fourth-order valence-electron chi connectivity index (χ4n) is 1.61. The molecular weight excluding hydrogens is 170 g/mol. The van der Waals surface area contributed by atoms with E-state index >= 15 is 0 Å². The zero-order valence-electron chi connectivity index (χ0n) is 7.37. The Labute approximate surface area is 75.4 Å². The molecule has 0 atom stereocenters. The van der Waals surface area contributed by atoms with Gasteiger partial charge in [0.25, 0.3) is 0 Å². The van der Waals surface area contributed by atoms with Crippen LogP contribution in [0.5, 0.6) is 0 Å². The second kappa shape index (κ2) is 2.76. The van der Waals surface area contributed by atoms with Crippen molar-refractivity contribution in [1.29, 1.82) is 0 Å². The molecular formula is C8H11N3O2. The number of aromatic carboxylic acids is 1. The minimum absolute atomic E-state index is 0.111. The molecule has 0 aromatic carbocycles. The number of rotatable bonds is 1. The Kier molecular flexibility index (Phi) is 1.72. The summed E-state index contributed by atoms with van der Waals surface area (Å²) in [6.07, 6.45) is 1.94. The van der Waals surface area contributed by atoms with Gasteiger partial charge >= 0.3 is 5.97 Å². The first-order valence-electron chi connectivity index (χ1n) is 4.23. The van der Waals surface area contributed by atoms with Gasteiger partial charge in [0, 0.05) is 13.6 Å². The van der Waals surface area contributed by atoms with Gasteiger partial charge in [-0.3, -0.25) is 0 Å². The highest BCUT2D eigenvalue weighted by Gasteiger charge is 2.20. The monoisotopic (exact) mass is 181 g/mol. The lowest BCUT2D eigenvalue weighted by molar-refractivity contribution is 0.0679. The second-order valence-electron chi connectivity index (χ2n) is 3.13. The van der Waals surface area contributed by atoms with Gasteiger partial charge in [-0.1, -0.05) is 0 Å². The molecule has 1 aromatic rings. The first-order valence-corrected chi connectivity index (χ1v) is 4.23. The van der Waals surface area contributed by atoms with E-state index in [9.17, 15) is 4.79 Å². The molecule has 0 aliphatic carbocycles. The van der Waals surface area contributed by atoms with Gasteiger partial charge in [0.1, 0.15) is 5.82 Å². The van der Waals surface area contributed by atoms with Gasteiger partial charge in [-0.15, -0.1) is 0 Å². The van der Waals surface area contributed by atoms with Crippen LogP contribution in [0.1, 0.15) is 22.7 Å². The molecule has 2 rings (SSSR count). The van der Waals surface area contributed by atoms with Gasteiger partial charge in [0.2, 0.25) is 5.82 Å². The third-order valence-corrected chi connectivity index (χ3v) is 2.29. The number of anilines is 1. The first kappa shape index (κ1) is 8.10. The van der Waals surface area contributed by atoms with E-state index in [1.165, 1.54) is 0 Å². The summed E-state index contributed by atoms with van der Waals surface area (Å²) in [6, 6.07) is 0. The van der Waals surface area contributed by atoms with E-state index in [1.807, 2.05) is 0 Å². The van der Waals surface area contributed by atoms with E-state index in [2.05, 4.69) is 10.3 Å². The number of aromatic nitrogens is 2. The number of hydrogen-bond acceptors (Lipinski definition) is 3. The van der Waals surface area contributed by atoms with Gasteiger partial charge in [-0.05, 0) is 12.8 Å². The molecule has 1 aromatic heterocycles. The number of imidazole rings is 1. The van der Waals surface area contributed by atoms with E-state index in [0.717, 1.165) is 30.9 Å². The minimum Gasteiger partial charge on any atom is -0.475 e. The van der Waals surface area contributed by atoms with E-state index in [0.29, 0.717) is 0 Å². The summed E-state index contributed by atoms with van der Waals surface area (Å²) in [5.41, 5.74) is 0.989. The Bertz CT molecular complexity index is 357. The number of nitrogens with one attached hydrogen (secondary N) is 1. The summed E-state index contributed by atoms with van der Waals surface area (Å²) in [4.78, 5) is 14.7. The lowest BCUT2D eigenvalue weighted by Crippen LogP contribution is -2.13. The molecule has 0 spiro atoms. The quantitative estimate of drug-likeness (QED) is 0.661. The van der Waals surface area contributed by atoms with Gasteiger partial charge in [-0.2, -0.15) is 0 Å². The fourth-order valence-corrected chi connectivity index (χ4v) is 1.61. The maximum Gasteiger partial charge on any atom is 0.372 e. The predicted octanol–water partition coefficient (Wildman–Crippen LogP) is 0.476. The average Bonchev–Trinajstić information content (AvgIpc) is 2.45. The van der Waals surface area contributed by atoms with Crippen LogP contribution in [0.4, 0.5) is 5.82 Å². The highest BCUT2D eigenvalue weighted by atomic mass is 16.4. The Hall–Kier alpha value is -1.52. The summed E-state index contributed by atoms with van der Waals surface area (Å²) < 4.78 is 1.64. The van der Waals surface area contributed by atoms with Gasteiger partial charge in [0.15, 0.2) is 0 Å². The van der Waals surface area contributed by atoms with Crippen molar-refractivity contribution in [2.75, 3.05) is 11.9 Å². The molecule has 0 amide bonds. The Morgan fingerprint density at radius 3 is 3.08 bits per heavy atom. The average molecular weight is 181 g/mol. The number of carboxylic acid groups (broad SMARTS) is 1. The summed E-state index contributed by atoms with van der Waals surface area (Å²) >= 11 is 0. The van der Waals surface area contributed by atoms with Crippen molar-refractivity contribution < 1.29 is 9.90 Å². The van der Waals surface area contributed by atoms with Crippen LogP contribution in [0, 0.1) is 0 Å². The van der Waals surface area contributed by atoms with E-state index in [1.54, 1.807) is 11.6 Å². The summed E-state index contributed by atoms with van der Waals surface area (Å²) in [5, 5.41) is 11.9. The minimum atomic E-state index is -0.973. The first-order chi connectivity index (χ1) is 6.20. The van der Waals surface area contributed by atoms with Crippen molar-refractivity contribution in [3.63, 3.8) is 0 Å². The number of carboxylic acids is 1. The maximum atomic E-state index is 10.7. The highest BCUT2D eigenvalue weighted by molar-refractivity contribution is 5.84. The molecule has 0 saturated carbocycles. The molecule has 1 aliphatic rings. The van der Waals surface area contributed by atoms with Crippen molar-refractivity contribution in [2.45, 2.75) is 12.8 Å². The van der Waals surface area contributed by atoms with Crippen LogP contribution in [-0.4, -0.2) is 27.2 Å². The van der Waals surface area contributed by atoms with Crippen LogP contribution in [0.25, 0.3) is 0 Å². The molecule has 0 bridgehead atoms. The molecule has 5 nitrogen and oxygen atoms in total. The smallest absolute Gasteiger partial charge is 0.372 e. The van der Waals surface area contributed by atoms with Gasteiger partial charge in [-0.25, -0.2) is 9.78 Å². The van der Waals surface area contributed by atoms with E-state index in [-0.39, 0.29) is 5.82 Å². The Balaban J connectivity index is 2.50. The molecule has 2 N–H and O–H groups in total. The standard InChI is InChI=1S/C8H11N3O2/c1-11-5-3-2-4-9-6(5)10-7(11)8(12)13/h9H,2-4H2,1H3,(H,12,13). The fraction of sp³-hybridized carbons (Fsp3) is 0.500. The summed E-state index contributed by atoms with van der Waals surface area (Å²) in [7, 11) is 1.74. The number of hydrogen-bond donors (Lipinski definition) is 2. The summed E-state index contributed by atoms with van der Waals surface area (Å²) in [6.45, 7) is 0.878. The van der Waals surface area contributed by atoms with Crippen molar-refractivity contribution in [3.05, 3.63) is 11.5 Å². The molecule has 2 heterocycles. The molecule has 5 heteroatoms. The lowest BCUT2D eigenvalue weighted by Gasteiger charge is -2.13. The lowest BCUT2D eigenvalue weighted by atomic mass is 10.2. The van der Waals surface area contributed by atoms with Crippen molar-refractivity contribution in [3.8, 4) is 0 Å². The third-order valence-electron chi connectivity index (χ3n) is 2.29. The highest BCUT2D eigenvalue weighted by Crippen LogP contribution is 2.21. The normalized spacial score (nSPS) is 14.8. The van der Waals surface area contributed by atoms with E-state index < -0.39 is 5.97 Å². The van der Waals surface area contributed by atoms with Crippen LogP contribution in [0.3, 0.4) is 0 Å². The number of carbonyl (C=O) groups is 1. The molecule has 0 radical (unpaired) electrons. The van der Waals surface area contributed by atoms with Crippen LogP contribution in [0.15, 0.2) is 0 Å². The Morgan fingerprint density at radius 2 is 2.46 bits per heavy atom. The SMILES string of the molecule is Cn1c(C(=O)O)nc2c1CCCN2. The van der Waals surface area contributed by atoms with E-state index in [4.69, 9.17) is 5.11 Å². The van der Waals surface area contributed by atoms with Crippen LogP contribution >= 0.6 is 0 Å². The molecule has 0 saturated heterocycles. The third kappa shape index (κ3) is 1.16. The van der Waals surface area contributed by atoms with Gasteiger partial charge in [0.05, 0.1) is 5.69 Å². The zero-order chi connectivity index (χ0) is 9.42. The van der Waals surface area contributed by atoms with Crippen LogP contribution in [-0.2, 0) is 13.5 Å².